The molecule has 2 aromatic carbocycles. The number of H-pyrrole nitrogens is 1. The average molecular weight is 597 g/mol. The zero-order chi connectivity index (χ0) is 29.5. The SMILES string of the molecule is O=c1ccn([C@@H]2O[C@](F)(COP(=O)(OCc3ccccc3)OCC(CO)OCc3ccccc3)[C@@H](O)[C@H]2O)c(=O)[nH]1. The minimum absolute atomic E-state index is 0.114. The summed E-state index contributed by atoms with van der Waals surface area (Å²) < 4.78 is 56.7. The fourth-order valence-electron chi connectivity index (χ4n) is 3.84. The lowest BCUT2D eigenvalue weighted by atomic mass is 10.1. The predicted octanol–water partition coefficient (Wildman–Crippen LogP) is 1.39. The summed E-state index contributed by atoms with van der Waals surface area (Å²) in [6.07, 6.45) is -5.98. The van der Waals surface area contributed by atoms with Crippen LogP contribution in [0.4, 0.5) is 4.39 Å². The molecule has 1 aliphatic rings. The van der Waals surface area contributed by atoms with Gasteiger partial charge in [0, 0.05) is 12.3 Å². The molecule has 0 bridgehead atoms. The first-order valence-electron chi connectivity index (χ1n) is 12.5. The first-order valence-corrected chi connectivity index (χ1v) is 14.0. The molecule has 41 heavy (non-hydrogen) atoms. The summed E-state index contributed by atoms with van der Waals surface area (Å²) in [5.74, 6) is -3.17. The van der Waals surface area contributed by atoms with Crippen LogP contribution < -0.4 is 11.2 Å². The summed E-state index contributed by atoms with van der Waals surface area (Å²) in [5, 5.41) is 30.5. The minimum Gasteiger partial charge on any atom is -0.394 e. The number of hydrogen-bond donors (Lipinski definition) is 4. The van der Waals surface area contributed by atoms with Crippen LogP contribution in [0.3, 0.4) is 0 Å². The highest BCUT2D eigenvalue weighted by molar-refractivity contribution is 7.48. The van der Waals surface area contributed by atoms with Crippen LogP contribution in [0.25, 0.3) is 0 Å². The monoisotopic (exact) mass is 596 g/mol. The molecule has 0 radical (unpaired) electrons. The zero-order valence-corrected chi connectivity index (χ0v) is 22.5. The number of halogens is 1. The molecule has 1 saturated heterocycles. The molecule has 0 amide bonds. The van der Waals surface area contributed by atoms with Crippen LogP contribution in [0.15, 0.2) is 82.5 Å². The first-order chi connectivity index (χ1) is 19.6. The van der Waals surface area contributed by atoms with Crippen molar-refractivity contribution in [1.29, 1.82) is 0 Å². The highest BCUT2D eigenvalue weighted by atomic mass is 31.2. The van der Waals surface area contributed by atoms with Crippen molar-refractivity contribution in [1.82, 2.24) is 9.55 Å². The number of phosphoric acid groups is 1. The van der Waals surface area contributed by atoms with Gasteiger partial charge in [0.1, 0.15) is 24.9 Å². The number of nitrogens with one attached hydrogen (secondary N) is 1. The quantitative estimate of drug-likeness (QED) is 0.198. The van der Waals surface area contributed by atoms with Gasteiger partial charge in [-0.25, -0.2) is 13.8 Å². The number of ether oxygens (including phenoxy) is 2. The van der Waals surface area contributed by atoms with Crippen LogP contribution in [0.1, 0.15) is 17.4 Å². The Balaban J connectivity index is 1.45. The van der Waals surface area contributed by atoms with Crippen molar-refractivity contribution < 1.29 is 47.3 Å². The standard InChI is InChI=1S/C26H30FN2O11P/c27-26(23(33)22(32)24(40-26)29-12-11-21(31)28-25(29)34)17-39-41(35,37-15-19-9-5-2-6-10-19)38-16-20(13-30)36-14-18-7-3-1-4-8-18/h1-12,20,22-24,30,32-33H,13-17H2,(H,28,31,34)/t20?,22-,23+,24-,26-,41?/m1/s1. The Kier molecular flexibility index (Phi) is 10.4. The van der Waals surface area contributed by atoms with E-state index >= 15 is 4.39 Å². The third-order valence-electron chi connectivity index (χ3n) is 6.10. The second-order valence-electron chi connectivity index (χ2n) is 9.12. The van der Waals surface area contributed by atoms with Crippen molar-refractivity contribution in [3.8, 4) is 0 Å². The number of alkyl halides is 1. The summed E-state index contributed by atoms with van der Waals surface area (Å²) in [6.45, 7) is -2.39. The van der Waals surface area contributed by atoms with Gasteiger partial charge in [-0.15, -0.1) is 0 Å². The molecule has 1 aliphatic heterocycles. The van der Waals surface area contributed by atoms with Crippen LogP contribution in [-0.2, 0) is 40.8 Å². The van der Waals surface area contributed by atoms with Crippen LogP contribution in [0.5, 0.6) is 0 Å². The molecule has 6 atom stereocenters. The number of aliphatic hydroxyl groups is 3. The van der Waals surface area contributed by atoms with Crippen molar-refractivity contribution in [2.75, 3.05) is 19.8 Å². The topological polar surface area (TPSA) is 179 Å². The Labute approximate surface area is 233 Å². The summed E-state index contributed by atoms with van der Waals surface area (Å²) in [4.78, 5) is 25.4. The van der Waals surface area contributed by atoms with E-state index in [2.05, 4.69) is 0 Å². The largest absolute Gasteiger partial charge is 0.475 e. The number of benzene rings is 2. The van der Waals surface area contributed by atoms with Crippen molar-refractivity contribution in [2.24, 2.45) is 0 Å². The number of aromatic amines is 1. The molecule has 222 valence electrons. The van der Waals surface area contributed by atoms with Gasteiger partial charge < -0.3 is 24.8 Å². The summed E-state index contributed by atoms with van der Waals surface area (Å²) >= 11 is 0. The highest BCUT2D eigenvalue weighted by Crippen LogP contribution is 2.52. The summed E-state index contributed by atoms with van der Waals surface area (Å²) in [7, 11) is -4.62. The van der Waals surface area contributed by atoms with E-state index < -0.39 is 69.3 Å². The Bertz CT molecular complexity index is 1420. The first kappa shape index (κ1) is 30.9. The van der Waals surface area contributed by atoms with Gasteiger partial charge in [0.25, 0.3) is 11.4 Å². The second-order valence-corrected chi connectivity index (χ2v) is 10.8. The minimum atomic E-state index is -4.62. The molecular formula is C26H30FN2O11P. The van der Waals surface area contributed by atoms with Crippen molar-refractivity contribution in [3.05, 3.63) is 105 Å². The van der Waals surface area contributed by atoms with Crippen LogP contribution in [0, 0.1) is 0 Å². The Morgan fingerprint density at radius 2 is 1.61 bits per heavy atom. The van der Waals surface area contributed by atoms with E-state index in [1.54, 1.807) is 30.3 Å². The number of rotatable bonds is 14. The number of aromatic nitrogens is 2. The predicted molar refractivity (Wildman–Crippen MR) is 140 cm³/mol. The molecule has 4 rings (SSSR count). The van der Waals surface area contributed by atoms with E-state index in [9.17, 15) is 29.5 Å². The van der Waals surface area contributed by atoms with Gasteiger partial charge >= 0.3 is 13.5 Å². The Morgan fingerprint density at radius 1 is 0.976 bits per heavy atom. The van der Waals surface area contributed by atoms with Crippen molar-refractivity contribution >= 4 is 7.82 Å². The highest BCUT2D eigenvalue weighted by Gasteiger charge is 2.57. The molecular weight excluding hydrogens is 566 g/mol. The summed E-state index contributed by atoms with van der Waals surface area (Å²) in [5.41, 5.74) is -0.368. The Hall–Kier alpha value is -3.04. The smallest absolute Gasteiger partial charge is 0.394 e. The molecule has 3 aromatic rings. The molecule has 13 nitrogen and oxygen atoms in total. The Morgan fingerprint density at radius 3 is 2.22 bits per heavy atom. The molecule has 2 heterocycles. The van der Waals surface area contributed by atoms with Gasteiger partial charge in [0.05, 0.1) is 26.4 Å². The van der Waals surface area contributed by atoms with Gasteiger partial charge in [-0.1, -0.05) is 60.7 Å². The zero-order valence-electron chi connectivity index (χ0n) is 21.7. The maximum absolute atomic E-state index is 15.7. The second kappa shape index (κ2) is 13.7. The van der Waals surface area contributed by atoms with Crippen LogP contribution >= 0.6 is 7.82 Å². The van der Waals surface area contributed by atoms with E-state index in [0.717, 1.165) is 17.8 Å². The third kappa shape index (κ3) is 8.04. The lowest BCUT2D eigenvalue weighted by molar-refractivity contribution is -0.206. The number of hydrogen-bond acceptors (Lipinski definition) is 11. The third-order valence-corrected chi connectivity index (χ3v) is 7.46. The molecule has 4 N–H and O–H groups in total. The molecule has 0 spiro atoms. The fourth-order valence-corrected chi connectivity index (χ4v) is 5.06. The number of phosphoric ester groups is 1. The molecule has 15 heteroatoms. The lowest BCUT2D eigenvalue weighted by Crippen LogP contribution is -2.43. The fraction of sp³-hybridized carbons (Fsp3) is 0.385. The molecule has 1 fully saturated rings. The summed E-state index contributed by atoms with van der Waals surface area (Å²) in [6, 6.07) is 18.5. The van der Waals surface area contributed by atoms with Gasteiger partial charge in [0.15, 0.2) is 6.23 Å². The number of nitrogens with zero attached hydrogens (tertiary/aromatic N) is 1. The van der Waals surface area contributed by atoms with Gasteiger partial charge in [0.2, 0.25) is 0 Å². The van der Waals surface area contributed by atoms with Gasteiger partial charge in [-0.3, -0.25) is 27.9 Å². The molecule has 1 aromatic heterocycles. The number of aliphatic hydroxyl groups excluding tert-OH is 3. The van der Waals surface area contributed by atoms with E-state index in [-0.39, 0.29) is 13.2 Å². The van der Waals surface area contributed by atoms with E-state index in [1.807, 2.05) is 35.3 Å². The van der Waals surface area contributed by atoms with E-state index in [0.29, 0.717) is 10.1 Å². The van der Waals surface area contributed by atoms with E-state index in [1.165, 1.54) is 0 Å². The van der Waals surface area contributed by atoms with Crippen molar-refractivity contribution in [3.63, 3.8) is 0 Å². The van der Waals surface area contributed by atoms with Crippen molar-refractivity contribution in [2.45, 2.75) is 43.6 Å². The molecule has 0 aliphatic carbocycles. The maximum atomic E-state index is 15.7. The maximum Gasteiger partial charge on any atom is 0.475 e. The lowest BCUT2D eigenvalue weighted by Gasteiger charge is -2.26. The van der Waals surface area contributed by atoms with Gasteiger partial charge in [-0.2, -0.15) is 0 Å². The van der Waals surface area contributed by atoms with Crippen LogP contribution in [0.2, 0.25) is 0 Å². The molecule has 0 saturated carbocycles. The average Bonchev–Trinajstić information content (AvgIpc) is 3.20. The van der Waals surface area contributed by atoms with Gasteiger partial charge in [-0.05, 0) is 11.1 Å². The normalized spacial score (nSPS) is 24.6. The molecule has 2 unspecified atom stereocenters. The van der Waals surface area contributed by atoms with Crippen LogP contribution in [-0.4, -0.2) is 68.9 Å². The van der Waals surface area contributed by atoms with E-state index in [4.69, 9.17) is 23.0 Å².